The second kappa shape index (κ2) is 7.49. The van der Waals surface area contributed by atoms with Gasteiger partial charge >= 0.3 is 5.97 Å². The van der Waals surface area contributed by atoms with E-state index in [1.165, 1.54) is 6.08 Å². The number of ether oxygens (including phenoxy) is 1. The zero-order valence-corrected chi connectivity index (χ0v) is 13.8. The van der Waals surface area contributed by atoms with Crippen LogP contribution in [-0.2, 0) is 9.53 Å². The molecule has 0 bridgehead atoms. The van der Waals surface area contributed by atoms with Crippen molar-refractivity contribution in [2.45, 2.75) is 6.92 Å². The number of hydrogen-bond donors (Lipinski definition) is 2. The minimum atomic E-state index is -0.378. The molecule has 0 aliphatic carbocycles. The molecule has 0 radical (unpaired) electrons. The number of benzene rings is 2. The summed E-state index contributed by atoms with van der Waals surface area (Å²) in [4.78, 5) is 26.8. The lowest BCUT2D eigenvalue weighted by atomic mass is 10.2. The SMILES string of the molecule is CCOC(=O)/C=C/c1cc2cc(NC(=O)c3ccccc3)ccc2[nH]1. The van der Waals surface area contributed by atoms with E-state index in [-0.39, 0.29) is 11.9 Å². The molecule has 1 aromatic heterocycles. The molecular formula is C20H18N2O3. The van der Waals surface area contributed by atoms with Gasteiger partial charge in [0.1, 0.15) is 0 Å². The van der Waals surface area contributed by atoms with Crippen molar-refractivity contribution in [1.82, 2.24) is 4.98 Å². The van der Waals surface area contributed by atoms with Gasteiger partial charge in [-0.25, -0.2) is 4.79 Å². The van der Waals surface area contributed by atoms with Crippen LogP contribution in [0.1, 0.15) is 23.0 Å². The summed E-state index contributed by atoms with van der Waals surface area (Å²) < 4.78 is 4.86. The van der Waals surface area contributed by atoms with Crippen LogP contribution >= 0.6 is 0 Å². The quantitative estimate of drug-likeness (QED) is 0.547. The van der Waals surface area contributed by atoms with Gasteiger partial charge in [0.15, 0.2) is 0 Å². The Morgan fingerprint density at radius 2 is 1.92 bits per heavy atom. The molecule has 2 aromatic carbocycles. The minimum absolute atomic E-state index is 0.155. The first-order chi connectivity index (χ1) is 12.2. The third kappa shape index (κ3) is 4.14. The van der Waals surface area contributed by atoms with Crippen molar-refractivity contribution in [3.63, 3.8) is 0 Å². The first-order valence-electron chi connectivity index (χ1n) is 7.99. The number of carbonyl (C=O) groups is 2. The Balaban J connectivity index is 1.76. The largest absolute Gasteiger partial charge is 0.463 e. The third-order valence-electron chi connectivity index (χ3n) is 3.62. The molecule has 0 atom stereocenters. The van der Waals surface area contributed by atoms with E-state index >= 15 is 0 Å². The van der Waals surface area contributed by atoms with Gasteiger partial charge in [0, 0.05) is 33.9 Å². The number of aromatic amines is 1. The van der Waals surface area contributed by atoms with Crippen LogP contribution in [0.3, 0.4) is 0 Å². The second-order valence-electron chi connectivity index (χ2n) is 5.43. The fourth-order valence-electron chi connectivity index (χ4n) is 2.46. The molecule has 0 aliphatic heterocycles. The van der Waals surface area contributed by atoms with Crippen molar-refractivity contribution in [3.8, 4) is 0 Å². The zero-order chi connectivity index (χ0) is 17.6. The summed E-state index contributed by atoms with van der Waals surface area (Å²) in [6.07, 6.45) is 3.05. The first kappa shape index (κ1) is 16.5. The number of rotatable bonds is 5. The molecule has 3 aromatic rings. The van der Waals surface area contributed by atoms with Gasteiger partial charge < -0.3 is 15.0 Å². The summed E-state index contributed by atoms with van der Waals surface area (Å²) in [5, 5.41) is 3.82. The van der Waals surface area contributed by atoms with Crippen LogP contribution in [-0.4, -0.2) is 23.5 Å². The zero-order valence-electron chi connectivity index (χ0n) is 13.8. The Morgan fingerprint density at radius 3 is 2.68 bits per heavy atom. The van der Waals surface area contributed by atoms with Crippen LogP contribution in [0.4, 0.5) is 5.69 Å². The molecule has 5 nitrogen and oxygen atoms in total. The van der Waals surface area contributed by atoms with Crippen molar-refractivity contribution < 1.29 is 14.3 Å². The molecule has 0 saturated carbocycles. The highest BCUT2D eigenvalue weighted by Crippen LogP contribution is 2.21. The highest BCUT2D eigenvalue weighted by Gasteiger charge is 2.06. The fraction of sp³-hybridized carbons (Fsp3) is 0.100. The summed E-state index contributed by atoms with van der Waals surface area (Å²) in [6.45, 7) is 2.11. The van der Waals surface area contributed by atoms with Crippen LogP contribution in [0.15, 0.2) is 60.7 Å². The molecular weight excluding hydrogens is 316 g/mol. The van der Waals surface area contributed by atoms with Gasteiger partial charge in [-0.3, -0.25) is 4.79 Å². The average Bonchev–Trinajstić information content (AvgIpc) is 3.03. The normalized spacial score (nSPS) is 10.9. The second-order valence-corrected chi connectivity index (χ2v) is 5.43. The maximum atomic E-state index is 12.2. The lowest BCUT2D eigenvalue weighted by Gasteiger charge is -2.05. The van der Waals surface area contributed by atoms with Crippen LogP contribution in [0, 0.1) is 0 Å². The van der Waals surface area contributed by atoms with Gasteiger partial charge in [-0.15, -0.1) is 0 Å². The van der Waals surface area contributed by atoms with E-state index in [1.54, 1.807) is 25.1 Å². The lowest BCUT2D eigenvalue weighted by Crippen LogP contribution is -2.11. The number of anilines is 1. The molecule has 0 spiro atoms. The molecule has 1 amide bonds. The maximum Gasteiger partial charge on any atom is 0.330 e. The molecule has 5 heteroatoms. The number of aromatic nitrogens is 1. The molecule has 0 aliphatic rings. The van der Waals surface area contributed by atoms with E-state index < -0.39 is 0 Å². The van der Waals surface area contributed by atoms with E-state index in [0.717, 1.165) is 16.6 Å². The fourth-order valence-corrected chi connectivity index (χ4v) is 2.46. The summed E-state index contributed by atoms with van der Waals surface area (Å²) >= 11 is 0. The highest BCUT2D eigenvalue weighted by molar-refractivity contribution is 6.05. The van der Waals surface area contributed by atoms with Gasteiger partial charge in [-0.05, 0) is 49.4 Å². The van der Waals surface area contributed by atoms with E-state index in [4.69, 9.17) is 4.74 Å². The number of hydrogen-bond acceptors (Lipinski definition) is 3. The minimum Gasteiger partial charge on any atom is -0.463 e. The predicted octanol–water partition coefficient (Wildman–Crippen LogP) is 4.00. The number of amides is 1. The van der Waals surface area contributed by atoms with Crippen LogP contribution in [0.25, 0.3) is 17.0 Å². The molecule has 126 valence electrons. The van der Waals surface area contributed by atoms with E-state index in [9.17, 15) is 9.59 Å². The van der Waals surface area contributed by atoms with Gasteiger partial charge in [0.05, 0.1) is 6.61 Å². The number of H-pyrrole nitrogens is 1. The number of nitrogens with one attached hydrogen (secondary N) is 2. The predicted molar refractivity (Wildman–Crippen MR) is 98.4 cm³/mol. The van der Waals surface area contributed by atoms with E-state index in [2.05, 4.69) is 10.3 Å². The molecule has 1 heterocycles. The maximum absolute atomic E-state index is 12.2. The Labute approximate surface area is 145 Å². The highest BCUT2D eigenvalue weighted by atomic mass is 16.5. The van der Waals surface area contributed by atoms with Gasteiger partial charge in [0.2, 0.25) is 0 Å². The Kier molecular flexibility index (Phi) is 4.95. The number of esters is 1. The summed E-state index contributed by atoms with van der Waals surface area (Å²) in [7, 11) is 0. The number of carbonyl (C=O) groups excluding carboxylic acids is 2. The molecule has 0 unspecified atom stereocenters. The van der Waals surface area contributed by atoms with Crippen molar-refractivity contribution in [2.75, 3.05) is 11.9 Å². The van der Waals surface area contributed by atoms with Gasteiger partial charge in [-0.2, -0.15) is 0 Å². The van der Waals surface area contributed by atoms with Gasteiger partial charge in [-0.1, -0.05) is 18.2 Å². The van der Waals surface area contributed by atoms with E-state index in [1.807, 2.05) is 42.5 Å². The van der Waals surface area contributed by atoms with Gasteiger partial charge in [0.25, 0.3) is 5.91 Å². The van der Waals surface area contributed by atoms with Crippen LogP contribution < -0.4 is 5.32 Å². The summed E-state index contributed by atoms with van der Waals surface area (Å²) in [5.41, 5.74) is 3.02. The van der Waals surface area contributed by atoms with Crippen molar-refractivity contribution >= 4 is 34.5 Å². The topological polar surface area (TPSA) is 71.2 Å². The molecule has 0 fully saturated rings. The lowest BCUT2D eigenvalue weighted by molar-refractivity contribution is -0.137. The van der Waals surface area contributed by atoms with Crippen molar-refractivity contribution in [1.29, 1.82) is 0 Å². The third-order valence-corrected chi connectivity index (χ3v) is 3.62. The summed E-state index contributed by atoms with van der Waals surface area (Å²) in [6, 6.07) is 16.6. The van der Waals surface area contributed by atoms with E-state index in [0.29, 0.717) is 17.9 Å². The average molecular weight is 334 g/mol. The summed E-state index contributed by atoms with van der Waals surface area (Å²) in [5.74, 6) is -0.533. The standard InChI is InChI=1S/C20H18N2O3/c1-2-25-19(23)11-9-16-12-15-13-17(8-10-18(15)21-16)22-20(24)14-6-4-3-5-7-14/h3-13,21H,2H2,1H3,(H,22,24)/b11-9+. The molecule has 25 heavy (non-hydrogen) atoms. The smallest absolute Gasteiger partial charge is 0.330 e. The van der Waals surface area contributed by atoms with Crippen molar-refractivity contribution in [2.24, 2.45) is 0 Å². The van der Waals surface area contributed by atoms with Crippen molar-refractivity contribution in [3.05, 3.63) is 71.9 Å². The first-order valence-corrected chi connectivity index (χ1v) is 7.99. The molecule has 3 rings (SSSR count). The van der Waals surface area contributed by atoms with Crippen LogP contribution in [0.5, 0.6) is 0 Å². The Hall–Kier alpha value is -3.34. The number of fused-ring (bicyclic) bond motifs is 1. The van der Waals surface area contributed by atoms with Crippen LogP contribution in [0.2, 0.25) is 0 Å². The Morgan fingerprint density at radius 1 is 1.12 bits per heavy atom. The molecule has 2 N–H and O–H groups in total. The Bertz CT molecular complexity index is 927. The monoisotopic (exact) mass is 334 g/mol. The molecule has 0 saturated heterocycles.